The predicted molar refractivity (Wildman–Crippen MR) is 75.6 cm³/mol. The van der Waals surface area contributed by atoms with E-state index in [1.54, 1.807) is 0 Å². The molecule has 3 nitrogen and oxygen atoms in total. The third kappa shape index (κ3) is 3.52. The van der Waals surface area contributed by atoms with Crippen LogP contribution in [0.5, 0.6) is 0 Å². The topological polar surface area (TPSA) is 25.2 Å². The van der Waals surface area contributed by atoms with Crippen molar-refractivity contribution in [2.75, 3.05) is 12.4 Å². The number of aromatic nitrogens is 1. The second kappa shape index (κ2) is 6.28. The molecule has 0 saturated carbocycles. The summed E-state index contributed by atoms with van der Waals surface area (Å²) in [5.41, 5.74) is 0.643. The Labute approximate surface area is 115 Å². The Morgan fingerprint density at radius 2 is 2.17 bits per heavy atom. The summed E-state index contributed by atoms with van der Waals surface area (Å²) in [6.45, 7) is 7.30. The molecular weight excluding hydrogens is 248 g/mol. The molecule has 0 spiro atoms. The fourth-order valence-electron chi connectivity index (χ4n) is 1.86. The molecule has 1 aromatic heterocycles. The van der Waals surface area contributed by atoms with Crippen LogP contribution < -0.4 is 0 Å². The standard InChI is InChI=1S/C14H23ClN2O/c1-5-8-17(13(18)14(2,3)11-15)10-12-7-6-9-16(12)4/h6-7,9H,5,8,10-11H2,1-4H3. The van der Waals surface area contributed by atoms with Crippen molar-refractivity contribution in [1.82, 2.24) is 9.47 Å². The molecule has 0 atom stereocenters. The highest BCUT2D eigenvalue weighted by Crippen LogP contribution is 2.22. The van der Waals surface area contributed by atoms with Gasteiger partial charge in [0.05, 0.1) is 12.0 Å². The second-order valence-corrected chi connectivity index (χ2v) is 5.62. The van der Waals surface area contributed by atoms with Gasteiger partial charge in [0.25, 0.3) is 0 Å². The van der Waals surface area contributed by atoms with Crippen LogP contribution in [0.3, 0.4) is 0 Å². The van der Waals surface area contributed by atoms with Gasteiger partial charge in [0.15, 0.2) is 0 Å². The number of aryl methyl sites for hydroxylation is 1. The average molecular weight is 271 g/mol. The average Bonchev–Trinajstić information content (AvgIpc) is 2.73. The van der Waals surface area contributed by atoms with E-state index in [4.69, 9.17) is 11.6 Å². The van der Waals surface area contributed by atoms with Crippen LogP contribution in [0.2, 0.25) is 0 Å². The van der Waals surface area contributed by atoms with E-state index in [0.717, 1.165) is 18.7 Å². The summed E-state index contributed by atoms with van der Waals surface area (Å²) in [5.74, 6) is 0.472. The van der Waals surface area contributed by atoms with Crippen molar-refractivity contribution in [1.29, 1.82) is 0 Å². The van der Waals surface area contributed by atoms with Gasteiger partial charge in [-0.05, 0) is 32.4 Å². The molecule has 1 rings (SSSR count). The first-order chi connectivity index (χ1) is 8.42. The van der Waals surface area contributed by atoms with Gasteiger partial charge in [-0.25, -0.2) is 0 Å². The molecule has 0 saturated heterocycles. The maximum Gasteiger partial charge on any atom is 0.229 e. The van der Waals surface area contributed by atoms with Crippen LogP contribution in [0, 0.1) is 5.41 Å². The lowest BCUT2D eigenvalue weighted by atomic mass is 9.94. The molecule has 18 heavy (non-hydrogen) atoms. The van der Waals surface area contributed by atoms with Crippen molar-refractivity contribution in [2.24, 2.45) is 12.5 Å². The highest BCUT2D eigenvalue weighted by molar-refractivity contribution is 6.19. The Kier molecular flexibility index (Phi) is 5.27. The number of hydrogen-bond donors (Lipinski definition) is 0. The minimum atomic E-state index is -0.498. The lowest BCUT2D eigenvalue weighted by Gasteiger charge is -2.30. The quantitative estimate of drug-likeness (QED) is 0.730. The Bertz CT molecular complexity index is 398. The van der Waals surface area contributed by atoms with Crippen LogP contribution in [0.15, 0.2) is 18.3 Å². The van der Waals surface area contributed by atoms with Crippen molar-refractivity contribution >= 4 is 17.5 Å². The summed E-state index contributed by atoms with van der Waals surface area (Å²) < 4.78 is 2.05. The first-order valence-electron chi connectivity index (χ1n) is 6.38. The Morgan fingerprint density at radius 3 is 2.61 bits per heavy atom. The number of carbonyl (C=O) groups excluding carboxylic acids is 1. The zero-order chi connectivity index (χ0) is 13.8. The van der Waals surface area contributed by atoms with E-state index < -0.39 is 5.41 Å². The van der Waals surface area contributed by atoms with Gasteiger partial charge in [0.2, 0.25) is 5.91 Å². The fraction of sp³-hybridized carbons (Fsp3) is 0.643. The van der Waals surface area contributed by atoms with Gasteiger partial charge in [0.1, 0.15) is 0 Å². The molecule has 1 amide bonds. The van der Waals surface area contributed by atoms with Crippen LogP contribution >= 0.6 is 11.6 Å². The first-order valence-corrected chi connectivity index (χ1v) is 6.91. The second-order valence-electron chi connectivity index (χ2n) is 5.35. The monoisotopic (exact) mass is 270 g/mol. The number of hydrogen-bond acceptors (Lipinski definition) is 1. The molecule has 0 radical (unpaired) electrons. The predicted octanol–water partition coefficient (Wildman–Crippen LogP) is 3.03. The number of halogens is 1. The summed E-state index contributed by atoms with van der Waals surface area (Å²) in [4.78, 5) is 14.4. The Hall–Kier alpha value is -0.960. The number of rotatable bonds is 6. The molecule has 102 valence electrons. The normalized spacial score (nSPS) is 11.6. The maximum absolute atomic E-state index is 12.5. The van der Waals surface area contributed by atoms with E-state index in [2.05, 4.69) is 6.92 Å². The van der Waals surface area contributed by atoms with E-state index in [1.807, 2.05) is 48.7 Å². The van der Waals surface area contributed by atoms with E-state index in [0.29, 0.717) is 12.4 Å². The molecule has 0 aliphatic heterocycles. The molecule has 0 fully saturated rings. The molecule has 0 bridgehead atoms. The first kappa shape index (κ1) is 15.1. The zero-order valence-electron chi connectivity index (χ0n) is 11.7. The highest BCUT2D eigenvalue weighted by Gasteiger charge is 2.31. The lowest BCUT2D eigenvalue weighted by molar-refractivity contribution is -0.140. The smallest absolute Gasteiger partial charge is 0.229 e. The number of carbonyl (C=O) groups is 1. The van der Waals surface area contributed by atoms with Gasteiger partial charge in [-0.2, -0.15) is 0 Å². The van der Waals surface area contributed by atoms with E-state index in [1.165, 1.54) is 0 Å². The van der Waals surface area contributed by atoms with Crippen LogP contribution in [-0.4, -0.2) is 27.8 Å². The lowest BCUT2D eigenvalue weighted by Crippen LogP contribution is -2.42. The van der Waals surface area contributed by atoms with Gasteiger partial charge in [-0.3, -0.25) is 4.79 Å². The van der Waals surface area contributed by atoms with Crippen molar-refractivity contribution in [3.8, 4) is 0 Å². The molecule has 1 heterocycles. The largest absolute Gasteiger partial charge is 0.353 e. The fourth-order valence-corrected chi connectivity index (χ4v) is 1.98. The Balaban J connectivity index is 2.83. The molecule has 0 N–H and O–H groups in total. The summed E-state index contributed by atoms with van der Waals surface area (Å²) in [6, 6.07) is 4.04. The summed E-state index contributed by atoms with van der Waals surface area (Å²) >= 11 is 5.89. The highest BCUT2D eigenvalue weighted by atomic mass is 35.5. The summed E-state index contributed by atoms with van der Waals surface area (Å²) in [7, 11) is 2.00. The molecule has 0 unspecified atom stereocenters. The van der Waals surface area contributed by atoms with Crippen molar-refractivity contribution in [2.45, 2.75) is 33.7 Å². The molecule has 1 aromatic rings. The van der Waals surface area contributed by atoms with Crippen LogP contribution in [0.1, 0.15) is 32.9 Å². The minimum Gasteiger partial charge on any atom is -0.353 e. The summed E-state index contributed by atoms with van der Waals surface area (Å²) in [5, 5.41) is 0. The van der Waals surface area contributed by atoms with E-state index >= 15 is 0 Å². The number of alkyl halides is 1. The maximum atomic E-state index is 12.5. The SMILES string of the molecule is CCCN(Cc1cccn1C)C(=O)C(C)(C)CCl. The number of amides is 1. The van der Waals surface area contributed by atoms with Crippen molar-refractivity contribution < 1.29 is 4.79 Å². The molecular formula is C14H23ClN2O. The third-order valence-corrected chi connectivity index (χ3v) is 3.77. The van der Waals surface area contributed by atoms with Gasteiger partial charge >= 0.3 is 0 Å². The van der Waals surface area contributed by atoms with E-state index in [9.17, 15) is 4.79 Å². The van der Waals surface area contributed by atoms with Gasteiger partial charge in [-0.1, -0.05) is 6.92 Å². The Morgan fingerprint density at radius 1 is 1.50 bits per heavy atom. The van der Waals surface area contributed by atoms with Gasteiger partial charge < -0.3 is 9.47 Å². The molecule has 4 heteroatoms. The third-order valence-electron chi connectivity index (χ3n) is 3.10. The van der Waals surface area contributed by atoms with Gasteiger partial charge in [-0.15, -0.1) is 11.6 Å². The zero-order valence-corrected chi connectivity index (χ0v) is 12.5. The van der Waals surface area contributed by atoms with Crippen molar-refractivity contribution in [3.63, 3.8) is 0 Å². The van der Waals surface area contributed by atoms with E-state index in [-0.39, 0.29) is 5.91 Å². The van der Waals surface area contributed by atoms with Gasteiger partial charge in [0, 0.05) is 31.4 Å². The number of nitrogens with zero attached hydrogens (tertiary/aromatic N) is 2. The minimum absolute atomic E-state index is 0.126. The summed E-state index contributed by atoms with van der Waals surface area (Å²) in [6.07, 6.45) is 2.95. The van der Waals surface area contributed by atoms with Crippen LogP contribution in [-0.2, 0) is 18.4 Å². The van der Waals surface area contributed by atoms with Crippen LogP contribution in [0.4, 0.5) is 0 Å². The molecule has 0 aliphatic carbocycles. The van der Waals surface area contributed by atoms with Crippen molar-refractivity contribution in [3.05, 3.63) is 24.0 Å². The molecule has 0 aromatic carbocycles. The molecule has 0 aliphatic rings. The van der Waals surface area contributed by atoms with Crippen LogP contribution in [0.25, 0.3) is 0 Å².